The molecule has 1 unspecified atom stereocenters. The second-order valence-electron chi connectivity index (χ2n) is 4.06. The number of thiazole rings is 1. The first-order valence-corrected chi connectivity index (χ1v) is 7.86. The second-order valence-corrected chi connectivity index (χ2v) is 7.65. The van der Waals surface area contributed by atoms with Crippen LogP contribution in [0.15, 0.2) is 0 Å². The fraction of sp³-hybridized carbons (Fsp3) is 0.700. The summed E-state index contributed by atoms with van der Waals surface area (Å²) in [5, 5.41) is 9.16. The van der Waals surface area contributed by atoms with E-state index in [1.54, 1.807) is 0 Å². The standard InChI is InChI=1S/C10H15NO3S2/c1-7-10(11-9(6-12)15-7)8-4-2-3-5-16(8,13)14/h8,12H,2-6H2,1H3. The highest BCUT2D eigenvalue weighted by Crippen LogP contribution is 2.36. The van der Waals surface area contributed by atoms with Crippen molar-refractivity contribution in [3.8, 4) is 0 Å². The Morgan fingerprint density at radius 3 is 2.81 bits per heavy atom. The van der Waals surface area contributed by atoms with E-state index in [9.17, 15) is 8.42 Å². The molecule has 0 spiro atoms. The Morgan fingerprint density at radius 1 is 1.50 bits per heavy atom. The van der Waals surface area contributed by atoms with Crippen LogP contribution in [0.3, 0.4) is 0 Å². The van der Waals surface area contributed by atoms with Crippen LogP contribution in [0.25, 0.3) is 0 Å². The topological polar surface area (TPSA) is 67.3 Å². The zero-order valence-electron chi connectivity index (χ0n) is 9.14. The molecule has 0 aromatic carbocycles. The van der Waals surface area contributed by atoms with E-state index >= 15 is 0 Å². The van der Waals surface area contributed by atoms with Gasteiger partial charge in [0.2, 0.25) is 0 Å². The summed E-state index contributed by atoms with van der Waals surface area (Å²) in [7, 11) is -3.03. The van der Waals surface area contributed by atoms with Crippen LogP contribution in [0.2, 0.25) is 0 Å². The minimum absolute atomic E-state index is 0.113. The molecule has 90 valence electrons. The van der Waals surface area contributed by atoms with Crippen molar-refractivity contribution in [1.82, 2.24) is 4.98 Å². The summed E-state index contributed by atoms with van der Waals surface area (Å²) in [6.07, 6.45) is 2.36. The lowest BCUT2D eigenvalue weighted by Gasteiger charge is -2.21. The smallest absolute Gasteiger partial charge is 0.158 e. The average molecular weight is 261 g/mol. The molecule has 1 N–H and O–H groups in total. The van der Waals surface area contributed by atoms with E-state index < -0.39 is 15.1 Å². The van der Waals surface area contributed by atoms with Crippen molar-refractivity contribution in [2.75, 3.05) is 5.75 Å². The molecular formula is C10H15NO3S2. The van der Waals surface area contributed by atoms with E-state index in [1.807, 2.05) is 6.92 Å². The molecule has 6 heteroatoms. The molecular weight excluding hydrogens is 246 g/mol. The van der Waals surface area contributed by atoms with Gasteiger partial charge < -0.3 is 5.11 Å². The van der Waals surface area contributed by atoms with Gasteiger partial charge in [0.15, 0.2) is 9.84 Å². The first kappa shape index (κ1) is 12.0. The Hall–Kier alpha value is -0.460. The first-order chi connectivity index (χ1) is 7.54. The van der Waals surface area contributed by atoms with Gasteiger partial charge in [0.25, 0.3) is 0 Å². The van der Waals surface area contributed by atoms with Crippen molar-refractivity contribution in [1.29, 1.82) is 0 Å². The Kier molecular flexibility index (Phi) is 3.32. The summed E-state index contributed by atoms with van der Waals surface area (Å²) in [5.74, 6) is 0.267. The molecule has 0 amide bonds. The number of sulfone groups is 1. The van der Waals surface area contributed by atoms with Gasteiger partial charge in [-0.3, -0.25) is 0 Å². The lowest BCUT2D eigenvalue weighted by Crippen LogP contribution is -2.22. The van der Waals surface area contributed by atoms with E-state index in [4.69, 9.17) is 5.11 Å². The SMILES string of the molecule is Cc1sc(CO)nc1C1CCCCS1(=O)=O. The van der Waals surface area contributed by atoms with Crippen LogP contribution in [0, 0.1) is 6.92 Å². The third-order valence-corrected chi connectivity index (χ3v) is 6.05. The molecule has 1 atom stereocenters. The summed E-state index contributed by atoms with van der Waals surface area (Å²) < 4.78 is 23.9. The highest BCUT2D eigenvalue weighted by Gasteiger charge is 2.33. The molecule has 2 rings (SSSR count). The second kappa shape index (κ2) is 4.43. The third-order valence-electron chi connectivity index (χ3n) is 2.90. The number of hydrogen-bond donors (Lipinski definition) is 1. The van der Waals surface area contributed by atoms with Crippen molar-refractivity contribution in [3.63, 3.8) is 0 Å². The largest absolute Gasteiger partial charge is 0.389 e. The van der Waals surface area contributed by atoms with Gasteiger partial charge in [-0.1, -0.05) is 6.42 Å². The van der Waals surface area contributed by atoms with E-state index in [0.717, 1.165) is 17.7 Å². The predicted molar refractivity (Wildman–Crippen MR) is 63.2 cm³/mol. The summed E-state index contributed by atoms with van der Waals surface area (Å²) in [6.45, 7) is 1.76. The molecule has 0 bridgehead atoms. The highest BCUT2D eigenvalue weighted by atomic mass is 32.2. The van der Waals surface area contributed by atoms with Crippen LogP contribution in [0.1, 0.15) is 40.1 Å². The molecule has 0 saturated carbocycles. The molecule has 1 fully saturated rings. The van der Waals surface area contributed by atoms with E-state index in [-0.39, 0.29) is 12.4 Å². The van der Waals surface area contributed by atoms with E-state index in [0.29, 0.717) is 17.1 Å². The molecule has 0 aliphatic carbocycles. The van der Waals surface area contributed by atoms with Gasteiger partial charge in [-0.2, -0.15) is 0 Å². The van der Waals surface area contributed by atoms with E-state index in [2.05, 4.69) is 4.98 Å². The number of rotatable bonds is 2. The number of aromatic nitrogens is 1. The molecule has 0 radical (unpaired) electrons. The Bertz CT molecular complexity index is 478. The lowest BCUT2D eigenvalue weighted by atomic mass is 10.1. The van der Waals surface area contributed by atoms with Crippen molar-refractivity contribution in [2.24, 2.45) is 0 Å². The lowest BCUT2D eigenvalue weighted by molar-refractivity contribution is 0.281. The Balaban J connectivity index is 2.38. The summed E-state index contributed by atoms with van der Waals surface area (Å²) in [6, 6.07) is 0. The van der Waals surface area contributed by atoms with Gasteiger partial charge >= 0.3 is 0 Å². The fourth-order valence-corrected chi connectivity index (χ4v) is 5.01. The fourth-order valence-electron chi connectivity index (χ4n) is 2.09. The number of aliphatic hydroxyl groups excluding tert-OH is 1. The zero-order chi connectivity index (χ0) is 11.8. The Labute approximate surface area is 99.3 Å². The summed E-state index contributed by atoms with van der Waals surface area (Å²) in [4.78, 5) is 5.15. The van der Waals surface area contributed by atoms with Gasteiger partial charge in [-0.15, -0.1) is 11.3 Å². The van der Waals surface area contributed by atoms with E-state index in [1.165, 1.54) is 11.3 Å². The van der Waals surface area contributed by atoms with Crippen molar-refractivity contribution < 1.29 is 13.5 Å². The molecule has 1 aliphatic heterocycles. The maximum atomic E-state index is 11.9. The number of aryl methyl sites for hydroxylation is 1. The number of hydrogen-bond acceptors (Lipinski definition) is 5. The molecule has 1 aromatic heterocycles. The van der Waals surface area contributed by atoms with Crippen molar-refractivity contribution >= 4 is 21.2 Å². The van der Waals surface area contributed by atoms with Crippen LogP contribution in [0.4, 0.5) is 0 Å². The average Bonchev–Trinajstić information content (AvgIpc) is 2.59. The predicted octanol–water partition coefficient (Wildman–Crippen LogP) is 1.58. The van der Waals surface area contributed by atoms with Crippen LogP contribution in [0.5, 0.6) is 0 Å². The minimum atomic E-state index is -3.03. The maximum Gasteiger partial charge on any atom is 0.158 e. The molecule has 16 heavy (non-hydrogen) atoms. The molecule has 4 nitrogen and oxygen atoms in total. The molecule has 1 aromatic rings. The van der Waals surface area contributed by atoms with Crippen LogP contribution < -0.4 is 0 Å². The van der Waals surface area contributed by atoms with Crippen molar-refractivity contribution in [2.45, 2.75) is 38.0 Å². The summed E-state index contributed by atoms with van der Waals surface area (Å²) in [5.41, 5.74) is 0.661. The molecule has 1 aliphatic rings. The van der Waals surface area contributed by atoms with Gasteiger partial charge in [0.05, 0.1) is 18.1 Å². The van der Waals surface area contributed by atoms with Gasteiger partial charge in [0.1, 0.15) is 10.3 Å². The number of nitrogens with zero attached hydrogens (tertiary/aromatic N) is 1. The third kappa shape index (κ3) is 2.14. The van der Waals surface area contributed by atoms with Crippen molar-refractivity contribution in [3.05, 3.63) is 15.6 Å². The zero-order valence-corrected chi connectivity index (χ0v) is 10.8. The monoisotopic (exact) mass is 261 g/mol. The van der Waals surface area contributed by atoms with Gasteiger partial charge in [0, 0.05) is 4.88 Å². The normalized spacial score (nSPS) is 24.5. The van der Waals surface area contributed by atoms with Gasteiger partial charge in [-0.25, -0.2) is 13.4 Å². The minimum Gasteiger partial charge on any atom is -0.389 e. The number of aliphatic hydroxyl groups is 1. The quantitative estimate of drug-likeness (QED) is 0.877. The van der Waals surface area contributed by atoms with Crippen LogP contribution in [-0.2, 0) is 16.4 Å². The maximum absolute atomic E-state index is 11.9. The van der Waals surface area contributed by atoms with Crippen LogP contribution >= 0.6 is 11.3 Å². The first-order valence-electron chi connectivity index (χ1n) is 5.33. The molecule has 1 saturated heterocycles. The van der Waals surface area contributed by atoms with Crippen LogP contribution in [-0.4, -0.2) is 24.3 Å². The highest BCUT2D eigenvalue weighted by molar-refractivity contribution is 7.91. The summed E-state index contributed by atoms with van der Waals surface area (Å²) >= 11 is 1.38. The molecule has 2 heterocycles. The Morgan fingerprint density at radius 2 is 2.25 bits per heavy atom. The van der Waals surface area contributed by atoms with Gasteiger partial charge in [-0.05, 0) is 19.8 Å².